The van der Waals surface area contributed by atoms with Crippen molar-refractivity contribution in [3.8, 4) is 0 Å². The maximum absolute atomic E-state index is 11.0. The predicted octanol–water partition coefficient (Wildman–Crippen LogP) is 2.47. The van der Waals surface area contributed by atoms with Gasteiger partial charge in [0.15, 0.2) is 0 Å². The molecule has 1 heterocycles. The van der Waals surface area contributed by atoms with Crippen LogP contribution in [0.5, 0.6) is 0 Å². The summed E-state index contributed by atoms with van der Waals surface area (Å²) in [6, 6.07) is 11.7. The molecule has 0 amide bonds. The Kier molecular flexibility index (Phi) is 9.26. The van der Waals surface area contributed by atoms with Gasteiger partial charge in [-0.2, -0.15) is 0 Å². The highest BCUT2D eigenvalue weighted by atomic mass is 35.5. The summed E-state index contributed by atoms with van der Waals surface area (Å²) in [7, 11) is 1.33. The molecule has 3 rings (SSSR count). The van der Waals surface area contributed by atoms with Crippen molar-refractivity contribution in [3.63, 3.8) is 0 Å². The van der Waals surface area contributed by atoms with Crippen molar-refractivity contribution in [2.75, 3.05) is 20.3 Å². The van der Waals surface area contributed by atoms with Gasteiger partial charge in [0.25, 0.3) is 0 Å². The van der Waals surface area contributed by atoms with Gasteiger partial charge in [-0.25, -0.2) is 0 Å². The number of aryl methyl sites for hydroxylation is 1. The molecule has 1 fully saturated rings. The Morgan fingerprint density at radius 3 is 2.35 bits per heavy atom. The number of methoxy groups -OCH3 is 1. The van der Waals surface area contributed by atoms with Gasteiger partial charge in [0.1, 0.15) is 24.4 Å². The van der Waals surface area contributed by atoms with E-state index in [1.807, 2.05) is 12.1 Å². The molecule has 0 aromatic heterocycles. The second-order valence-corrected chi connectivity index (χ2v) is 8.80. The molecule has 0 saturated carbocycles. The Hall–Kier alpha value is -1.81. The summed E-state index contributed by atoms with van der Waals surface area (Å²) in [5, 5.41) is 42.0. The summed E-state index contributed by atoms with van der Waals surface area (Å²) in [5.41, 5.74) is 3.98. The van der Waals surface area contributed by atoms with Gasteiger partial charge < -0.3 is 34.6 Å². The zero-order valence-electron chi connectivity index (χ0n) is 19.5. The molecule has 5 atom stereocenters. The van der Waals surface area contributed by atoms with Gasteiger partial charge in [0.05, 0.1) is 19.8 Å². The van der Waals surface area contributed by atoms with E-state index in [9.17, 15) is 20.4 Å². The largest absolute Gasteiger partial charge is 0.394 e. The minimum Gasteiger partial charge on any atom is -0.394 e. The average Bonchev–Trinajstić information content (AvgIpc) is 2.85. The Balaban J connectivity index is 2.10. The predicted molar refractivity (Wildman–Crippen MR) is 129 cm³/mol. The minimum atomic E-state index is -1.87. The third kappa shape index (κ3) is 5.37. The zero-order valence-corrected chi connectivity index (χ0v) is 20.2. The van der Waals surface area contributed by atoms with Crippen LogP contribution in [0.2, 0.25) is 5.02 Å². The van der Waals surface area contributed by atoms with Crippen molar-refractivity contribution >= 4 is 11.6 Å². The van der Waals surface area contributed by atoms with Crippen LogP contribution in [0.3, 0.4) is 0 Å². The molecule has 1 saturated heterocycles. The minimum absolute atomic E-state index is 0.107. The third-order valence-corrected chi connectivity index (χ3v) is 6.57. The lowest BCUT2D eigenvalue weighted by atomic mass is 9.84. The molecule has 1 aliphatic heterocycles. The van der Waals surface area contributed by atoms with Gasteiger partial charge in [-0.1, -0.05) is 48.9 Å². The number of aliphatic hydroxyl groups is 4. The van der Waals surface area contributed by atoms with Crippen molar-refractivity contribution in [1.29, 1.82) is 0 Å². The van der Waals surface area contributed by atoms with Gasteiger partial charge >= 0.3 is 0 Å². The second kappa shape index (κ2) is 11.7. The summed E-state index contributed by atoms with van der Waals surface area (Å²) in [4.78, 5) is 0. The summed E-state index contributed by atoms with van der Waals surface area (Å²) < 4.78 is 17.2. The Morgan fingerprint density at radius 2 is 1.76 bits per heavy atom. The molecule has 8 heteroatoms. The van der Waals surface area contributed by atoms with E-state index < -0.39 is 36.8 Å². The number of hydrogen-bond acceptors (Lipinski definition) is 7. The van der Waals surface area contributed by atoms with Gasteiger partial charge in [0.2, 0.25) is 5.79 Å². The van der Waals surface area contributed by atoms with E-state index in [2.05, 4.69) is 25.6 Å². The summed E-state index contributed by atoms with van der Waals surface area (Å²) in [5.74, 6) is -1.87. The molecule has 1 aliphatic rings. The van der Waals surface area contributed by atoms with E-state index in [1.165, 1.54) is 12.7 Å². The fourth-order valence-electron chi connectivity index (χ4n) is 4.25. The van der Waals surface area contributed by atoms with Crippen LogP contribution in [-0.4, -0.2) is 65.2 Å². The highest BCUT2D eigenvalue weighted by Crippen LogP contribution is 2.42. The summed E-state index contributed by atoms with van der Waals surface area (Å²) in [6.07, 6.45) is -2.88. The van der Waals surface area contributed by atoms with E-state index >= 15 is 0 Å². The molecular formula is C26H33ClO7. The number of rotatable bonds is 10. The quantitative estimate of drug-likeness (QED) is 0.298. The van der Waals surface area contributed by atoms with Crippen LogP contribution >= 0.6 is 11.6 Å². The molecule has 0 spiro atoms. The molecular weight excluding hydrogens is 460 g/mol. The first-order valence-electron chi connectivity index (χ1n) is 11.3. The van der Waals surface area contributed by atoms with Crippen molar-refractivity contribution in [3.05, 3.63) is 81.9 Å². The van der Waals surface area contributed by atoms with Crippen molar-refractivity contribution in [1.82, 2.24) is 0 Å². The highest BCUT2D eigenvalue weighted by Gasteiger charge is 2.55. The van der Waals surface area contributed by atoms with E-state index in [-0.39, 0.29) is 13.2 Å². The van der Waals surface area contributed by atoms with Crippen LogP contribution in [0, 0.1) is 0 Å². The van der Waals surface area contributed by atoms with Crippen LogP contribution in [-0.2, 0) is 39.4 Å². The van der Waals surface area contributed by atoms with Crippen LogP contribution < -0.4 is 0 Å². The fraction of sp³-hybridized carbons (Fsp3) is 0.462. The molecule has 186 valence electrons. The lowest BCUT2D eigenvalue weighted by Crippen LogP contribution is -2.64. The molecule has 2 aromatic rings. The smallest absolute Gasteiger partial charge is 0.225 e. The lowest BCUT2D eigenvalue weighted by molar-refractivity contribution is -0.366. The van der Waals surface area contributed by atoms with Gasteiger partial charge in [0, 0.05) is 17.7 Å². The SMILES string of the molecule is C=CCOCc1cc(Cl)c(Cc2ccc(CC)cc2)cc1C1(OC)O[C@H](CO)[C@@H](O)[C@H](O)[C@H]1O. The van der Waals surface area contributed by atoms with Gasteiger partial charge in [-0.3, -0.25) is 0 Å². The number of hydrogen-bond donors (Lipinski definition) is 4. The summed E-state index contributed by atoms with van der Waals surface area (Å²) in [6.45, 7) is 5.55. The monoisotopic (exact) mass is 492 g/mol. The first kappa shape index (κ1) is 26.8. The normalized spacial score (nSPS) is 27.0. The second-order valence-electron chi connectivity index (χ2n) is 8.39. The molecule has 4 N–H and O–H groups in total. The molecule has 0 aliphatic carbocycles. The van der Waals surface area contributed by atoms with Crippen LogP contribution in [0.1, 0.15) is 34.7 Å². The van der Waals surface area contributed by atoms with Crippen molar-refractivity contribution in [2.24, 2.45) is 0 Å². The van der Waals surface area contributed by atoms with E-state index in [1.54, 1.807) is 18.2 Å². The van der Waals surface area contributed by atoms with Crippen LogP contribution in [0.15, 0.2) is 49.1 Å². The Morgan fingerprint density at radius 1 is 1.09 bits per heavy atom. The molecule has 34 heavy (non-hydrogen) atoms. The molecule has 0 bridgehead atoms. The average molecular weight is 493 g/mol. The van der Waals surface area contributed by atoms with Crippen molar-refractivity contribution < 1.29 is 34.6 Å². The summed E-state index contributed by atoms with van der Waals surface area (Å²) >= 11 is 6.65. The number of aliphatic hydroxyl groups excluding tert-OH is 4. The molecule has 1 unspecified atom stereocenters. The first-order chi connectivity index (χ1) is 16.3. The molecule has 0 radical (unpaired) electrons. The van der Waals surface area contributed by atoms with Crippen LogP contribution in [0.25, 0.3) is 0 Å². The maximum Gasteiger partial charge on any atom is 0.225 e. The fourth-order valence-corrected chi connectivity index (χ4v) is 4.50. The topological polar surface area (TPSA) is 109 Å². The number of ether oxygens (including phenoxy) is 3. The Labute approximate surface area is 205 Å². The van der Waals surface area contributed by atoms with E-state index in [4.69, 9.17) is 25.8 Å². The standard InChI is InChI=1S/C26H33ClO7/c1-4-10-33-15-19-13-21(27)18(11-17-8-6-16(5-2)7-9-17)12-20(19)26(32-3)25(31)24(30)23(29)22(14-28)34-26/h4,6-9,12-13,22-25,28-31H,1,5,10-11,14-15H2,2-3H3/t22-,23-,24+,25-,26?/m1/s1. The van der Waals surface area contributed by atoms with Gasteiger partial charge in [-0.05, 0) is 47.2 Å². The van der Waals surface area contributed by atoms with E-state index in [0.717, 1.165) is 17.5 Å². The lowest BCUT2D eigenvalue weighted by Gasteiger charge is -2.48. The zero-order chi connectivity index (χ0) is 24.9. The van der Waals surface area contributed by atoms with Crippen molar-refractivity contribution in [2.45, 2.75) is 56.6 Å². The number of benzene rings is 2. The third-order valence-electron chi connectivity index (χ3n) is 6.22. The highest BCUT2D eigenvalue weighted by molar-refractivity contribution is 6.31. The number of halogens is 1. The van der Waals surface area contributed by atoms with Gasteiger partial charge in [-0.15, -0.1) is 6.58 Å². The van der Waals surface area contributed by atoms with E-state index in [0.29, 0.717) is 22.6 Å². The van der Waals surface area contributed by atoms with Crippen LogP contribution in [0.4, 0.5) is 0 Å². The maximum atomic E-state index is 11.0. The molecule has 7 nitrogen and oxygen atoms in total. The molecule has 2 aromatic carbocycles. The Bertz CT molecular complexity index is 962. The first-order valence-corrected chi connectivity index (χ1v) is 11.6.